The molecule has 0 aliphatic carbocycles. The molecule has 0 radical (unpaired) electrons. The Morgan fingerprint density at radius 2 is 2.20 bits per heavy atom. The van der Waals surface area contributed by atoms with Crippen molar-refractivity contribution in [3.63, 3.8) is 0 Å². The summed E-state index contributed by atoms with van der Waals surface area (Å²) in [5, 5.41) is 2.68. The lowest BCUT2D eigenvalue weighted by Crippen LogP contribution is -2.54. The number of amides is 1. The highest BCUT2D eigenvalue weighted by Gasteiger charge is 2.33. The quantitative estimate of drug-likeness (QED) is 0.683. The van der Waals surface area contributed by atoms with Crippen LogP contribution in [0.5, 0.6) is 0 Å². The molecule has 1 amide bonds. The van der Waals surface area contributed by atoms with Gasteiger partial charge in [-0.15, -0.1) is 0 Å². The molecule has 1 saturated heterocycles. The van der Waals surface area contributed by atoms with Gasteiger partial charge in [-0.1, -0.05) is 6.92 Å². The first-order valence-corrected chi connectivity index (χ1v) is 6.89. The molecule has 15 heavy (non-hydrogen) atoms. The van der Waals surface area contributed by atoms with Crippen LogP contribution in [0.3, 0.4) is 0 Å². The second kappa shape index (κ2) is 4.09. The summed E-state index contributed by atoms with van der Waals surface area (Å²) in [5.74, 6) is -0.0729. The third-order valence-corrected chi connectivity index (χ3v) is 4.59. The standard InChI is InChI=1S/C9H18N2O3S/c1-3-9(2,10)8(12)11-7-4-5-15(13,14)6-7/h7H,3-6,10H2,1-2H3,(H,11,12). The summed E-state index contributed by atoms with van der Waals surface area (Å²) in [5.41, 5.74) is 4.83. The third-order valence-electron chi connectivity index (χ3n) is 2.82. The number of carbonyl (C=O) groups excluding carboxylic acids is 1. The first-order valence-electron chi connectivity index (χ1n) is 5.07. The van der Waals surface area contributed by atoms with Gasteiger partial charge in [0.25, 0.3) is 0 Å². The highest BCUT2D eigenvalue weighted by Crippen LogP contribution is 2.13. The van der Waals surface area contributed by atoms with Crippen LogP contribution in [0.15, 0.2) is 0 Å². The van der Waals surface area contributed by atoms with E-state index in [1.807, 2.05) is 6.92 Å². The lowest BCUT2D eigenvalue weighted by atomic mass is 9.99. The molecule has 2 unspecified atom stereocenters. The van der Waals surface area contributed by atoms with E-state index in [4.69, 9.17) is 5.73 Å². The molecular formula is C9H18N2O3S. The summed E-state index contributed by atoms with van der Waals surface area (Å²) in [4.78, 5) is 11.6. The molecule has 1 rings (SSSR count). The van der Waals surface area contributed by atoms with E-state index >= 15 is 0 Å². The van der Waals surface area contributed by atoms with Crippen molar-refractivity contribution < 1.29 is 13.2 Å². The molecule has 2 atom stereocenters. The van der Waals surface area contributed by atoms with E-state index < -0.39 is 15.4 Å². The summed E-state index contributed by atoms with van der Waals surface area (Å²) in [6.45, 7) is 3.47. The van der Waals surface area contributed by atoms with Crippen molar-refractivity contribution in [1.29, 1.82) is 0 Å². The van der Waals surface area contributed by atoms with Crippen LogP contribution in [0, 0.1) is 0 Å². The second-order valence-corrected chi connectivity index (χ2v) is 6.57. The molecular weight excluding hydrogens is 216 g/mol. The summed E-state index contributed by atoms with van der Waals surface area (Å²) in [6.07, 6.45) is 1.02. The van der Waals surface area contributed by atoms with Crippen molar-refractivity contribution in [2.45, 2.75) is 38.3 Å². The van der Waals surface area contributed by atoms with Gasteiger partial charge in [0.2, 0.25) is 5.91 Å². The Bertz CT molecular complexity index is 348. The topological polar surface area (TPSA) is 89.3 Å². The maximum atomic E-state index is 11.6. The molecule has 0 aromatic carbocycles. The fourth-order valence-electron chi connectivity index (χ4n) is 1.42. The van der Waals surface area contributed by atoms with Crippen molar-refractivity contribution in [2.75, 3.05) is 11.5 Å². The molecule has 1 fully saturated rings. The average molecular weight is 234 g/mol. The van der Waals surface area contributed by atoms with Crippen LogP contribution in [-0.4, -0.2) is 37.4 Å². The molecule has 1 aliphatic rings. The van der Waals surface area contributed by atoms with Crippen LogP contribution in [-0.2, 0) is 14.6 Å². The highest BCUT2D eigenvalue weighted by atomic mass is 32.2. The zero-order valence-electron chi connectivity index (χ0n) is 9.12. The van der Waals surface area contributed by atoms with Gasteiger partial charge in [0, 0.05) is 6.04 Å². The molecule has 6 heteroatoms. The van der Waals surface area contributed by atoms with Crippen molar-refractivity contribution in [3.8, 4) is 0 Å². The van der Waals surface area contributed by atoms with Crippen LogP contribution in [0.1, 0.15) is 26.7 Å². The molecule has 88 valence electrons. The molecule has 0 saturated carbocycles. The Balaban J connectivity index is 2.54. The minimum absolute atomic E-state index is 0.0402. The van der Waals surface area contributed by atoms with E-state index in [0.717, 1.165) is 0 Å². The van der Waals surface area contributed by atoms with Crippen molar-refractivity contribution in [2.24, 2.45) is 5.73 Å². The number of nitrogens with one attached hydrogen (secondary N) is 1. The van der Waals surface area contributed by atoms with E-state index in [9.17, 15) is 13.2 Å². The normalized spacial score (nSPS) is 28.3. The monoisotopic (exact) mass is 234 g/mol. The smallest absolute Gasteiger partial charge is 0.240 e. The number of hydrogen-bond acceptors (Lipinski definition) is 4. The van der Waals surface area contributed by atoms with Crippen LogP contribution < -0.4 is 11.1 Å². The van der Waals surface area contributed by atoms with E-state index in [1.165, 1.54) is 0 Å². The van der Waals surface area contributed by atoms with Crippen LogP contribution in [0.25, 0.3) is 0 Å². The van der Waals surface area contributed by atoms with Crippen molar-refractivity contribution in [1.82, 2.24) is 5.32 Å². The first-order chi connectivity index (χ1) is 6.77. The maximum absolute atomic E-state index is 11.6. The van der Waals surface area contributed by atoms with Gasteiger partial charge in [-0.25, -0.2) is 8.42 Å². The molecule has 1 aliphatic heterocycles. The Morgan fingerprint density at radius 1 is 1.60 bits per heavy atom. The number of carbonyl (C=O) groups is 1. The van der Waals surface area contributed by atoms with E-state index in [0.29, 0.717) is 12.8 Å². The molecule has 3 N–H and O–H groups in total. The van der Waals surface area contributed by atoms with Gasteiger partial charge in [0.15, 0.2) is 9.84 Å². The van der Waals surface area contributed by atoms with Crippen LogP contribution in [0.2, 0.25) is 0 Å². The van der Waals surface area contributed by atoms with E-state index in [-0.39, 0.29) is 23.5 Å². The number of rotatable bonds is 3. The lowest BCUT2D eigenvalue weighted by molar-refractivity contribution is -0.126. The summed E-state index contributed by atoms with van der Waals surface area (Å²) in [6, 6.07) is -0.267. The van der Waals surface area contributed by atoms with E-state index in [1.54, 1.807) is 6.92 Å². The Hall–Kier alpha value is -0.620. The zero-order valence-corrected chi connectivity index (χ0v) is 9.93. The van der Waals surface area contributed by atoms with Crippen molar-refractivity contribution >= 4 is 15.7 Å². The number of nitrogens with two attached hydrogens (primary N) is 1. The zero-order chi connectivity index (χ0) is 11.7. The summed E-state index contributed by atoms with van der Waals surface area (Å²) < 4.78 is 22.3. The van der Waals surface area contributed by atoms with Gasteiger partial charge < -0.3 is 11.1 Å². The minimum Gasteiger partial charge on any atom is -0.351 e. The lowest BCUT2D eigenvalue weighted by Gasteiger charge is -2.23. The largest absolute Gasteiger partial charge is 0.351 e. The highest BCUT2D eigenvalue weighted by molar-refractivity contribution is 7.91. The fraction of sp³-hybridized carbons (Fsp3) is 0.889. The molecule has 0 aromatic heterocycles. The Labute approximate surface area is 90.3 Å². The van der Waals surface area contributed by atoms with Crippen LogP contribution >= 0.6 is 0 Å². The van der Waals surface area contributed by atoms with Crippen LogP contribution in [0.4, 0.5) is 0 Å². The maximum Gasteiger partial charge on any atom is 0.240 e. The van der Waals surface area contributed by atoms with Gasteiger partial charge in [-0.2, -0.15) is 0 Å². The van der Waals surface area contributed by atoms with Gasteiger partial charge >= 0.3 is 0 Å². The molecule has 0 aromatic rings. The second-order valence-electron chi connectivity index (χ2n) is 4.34. The predicted molar refractivity (Wildman–Crippen MR) is 58.1 cm³/mol. The van der Waals surface area contributed by atoms with Gasteiger partial charge in [0.05, 0.1) is 17.0 Å². The summed E-state index contributed by atoms with van der Waals surface area (Å²) >= 11 is 0. The third kappa shape index (κ3) is 3.17. The SMILES string of the molecule is CCC(C)(N)C(=O)NC1CCS(=O)(=O)C1. The number of sulfone groups is 1. The molecule has 1 heterocycles. The van der Waals surface area contributed by atoms with E-state index in [2.05, 4.69) is 5.32 Å². The van der Waals surface area contributed by atoms with Crippen molar-refractivity contribution in [3.05, 3.63) is 0 Å². The number of hydrogen-bond donors (Lipinski definition) is 2. The molecule has 5 nitrogen and oxygen atoms in total. The summed E-state index contributed by atoms with van der Waals surface area (Å²) in [7, 11) is -2.95. The Morgan fingerprint density at radius 3 is 2.60 bits per heavy atom. The Kier molecular flexibility index (Phi) is 3.40. The first kappa shape index (κ1) is 12.4. The fourth-order valence-corrected chi connectivity index (χ4v) is 3.09. The van der Waals surface area contributed by atoms with Gasteiger partial charge in [0.1, 0.15) is 0 Å². The molecule has 0 bridgehead atoms. The predicted octanol–water partition coefficient (Wildman–Crippen LogP) is -0.583. The van der Waals surface area contributed by atoms with Gasteiger partial charge in [-0.3, -0.25) is 4.79 Å². The molecule has 0 spiro atoms. The van der Waals surface area contributed by atoms with Gasteiger partial charge in [-0.05, 0) is 19.8 Å². The minimum atomic E-state index is -2.95. The average Bonchev–Trinajstić information content (AvgIpc) is 2.45.